The third kappa shape index (κ3) is 3.10. The summed E-state index contributed by atoms with van der Waals surface area (Å²) >= 11 is 6.17. The topological polar surface area (TPSA) is 67.9 Å². The molecule has 0 radical (unpaired) electrons. The van der Waals surface area contributed by atoms with Crippen molar-refractivity contribution in [3.05, 3.63) is 40.9 Å². The lowest BCUT2D eigenvalue weighted by atomic mass is 9.91. The van der Waals surface area contributed by atoms with E-state index in [0.717, 1.165) is 0 Å². The first kappa shape index (κ1) is 19.0. The predicted molar refractivity (Wildman–Crippen MR) is 106 cm³/mol. The summed E-state index contributed by atoms with van der Waals surface area (Å²) in [6.07, 6.45) is 0. The molecule has 0 saturated heterocycles. The summed E-state index contributed by atoms with van der Waals surface area (Å²) in [4.78, 5) is 27.0. The fourth-order valence-corrected chi connectivity index (χ4v) is 3.55. The SMILES string of the molecule is COC(=O)c1c(-c2cc(Cl)ccc2OC)ccc2c1N(C)C(=O)C(C)(C)N2. The molecule has 27 heavy (non-hydrogen) atoms. The molecule has 1 aliphatic rings. The fourth-order valence-electron chi connectivity index (χ4n) is 3.38. The number of methoxy groups -OCH3 is 2. The van der Waals surface area contributed by atoms with E-state index >= 15 is 0 Å². The molecule has 1 amide bonds. The van der Waals surface area contributed by atoms with Gasteiger partial charge in [0.15, 0.2) is 0 Å². The Morgan fingerprint density at radius 2 is 1.85 bits per heavy atom. The Labute approximate surface area is 163 Å². The number of amides is 1. The second kappa shape index (κ2) is 6.78. The number of nitrogens with one attached hydrogen (secondary N) is 1. The van der Waals surface area contributed by atoms with Gasteiger partial charge < -0.3 is 19.7 Å². The van der Waals surface area contributed by atoms with E-state index in [9.17, 15) is 9.59 Å². The summed E-state index contributed by atoms with van der Waals surface area (Å²) in [6.45, 7) is 3.58. The summed E-state index contributed by atoms with van der Waals surface area (Å²) < 4.78 is 10.5. The third-order valence-corrected chi connectivity index (χ3v) is 4.88. The third-order valence-electron chi connectivity index (χ3n) is 4.64. The number of nitrogens with zero attached hydrogens (tertiary/aromatic N) is 1. The lowest BCUT2D eigenvalue weighted by molar-refractivity contribution is -0.121. The van der Waals surface area contributed by atoms with Crippen molar-refractivity contribution in [3.63, 3.8) is 0 Å². The molecule has 2 aromatic carbocycles. The van der Waals surface area contributed by atoms with Crippen molar-refractivity contribution in [2.24, 2.45) is 0 Å². The molecule has 7 heteroatoms. The van der Waals surface area contributed by atoms with Crippen LogP contribution < -0.4 is 15.0 Å². The van der Waals surface area contributed by atoms with Crippen LogP contribution in [0.15, 0.2) is 30.3 Å². The quantitative estimate of drug-likeness (QED) is 0.806. The van der Waals surface area contributed by atoms with E-state index in [2.05, 4.69) is 5.32 Å². The number of carbonyl (C=O) groups excluding carboxylic acids is 2. The maximum Gasteiger partial charge on any atom is 0.340 e. The van der Waals surface area contributed by atoms with Crippen molar-refractivity contribution in [3.8, 4) is 16.9 Å². The van der Waals surface area contributed by atoms with Gasteiger partial charge in [-0.3, -0.25) is 4.79 Å². The zero-order valence-corrected chi connectivity index (χ0v) is 16.6. The van der Waals surface area contributed by atoms with Gasteiger partial charge in [0.25, 0.3) is 5.91 Å². The number of carbonyl (C=O) groups is 2. The highest BCUT2D eigenvalue weighted by Gasteiger charge is 2.40. The molecule has 1 aliphatic heterocycles. The fraction of sp³-hybridized carbons (Fsp3) is 0.300. The maximum absolute atomic E-state index is 12.8. The number of hydrogen-bond acceptors (Lipinski definition) is 5. The van der Waals surface area contributed by atoms with Gasteiger partial charge in [0, 0.05) is 23.2 Å². The number of halogens is 1. The molecule has 3 rings (SSSR count). The van der Waals surface area contributed by atoms with Crippen LogP contribution in [0.4, 0.5) is 11.4 Å². The van der Waals surface area contributed by atoms with Gasteiger partial charge in [-0.25, -0.2) is 4.79 Å². The normalized spacial score (nSPS) is 15.0. The lowest BCUT2D eigenvalue weighted by Gasteiger charge is -2.39. The van der Waals surface area contributed by atoms with Crippen molar-refractivity contribution >= 4 is 34.9 Å². The molecule has 1 N–H and O–H groups in total. The van der Waals surface area contributed by atoms with E-state index in [1.165, 1.54) is 12.0 Å². The second-order valence-electron chi connectivity index (χ2n) is 6.83. The van der Waals surface area contributed by atoms with E-state index in [1.807, 2.05) is 6.07 Å². The summed E-state index contributed by atoms with van der Waals surface area (Å²) in [6, 6.07) is 8.79. The van der Waals surface area contributed by atoms with Gasteiger partial charge in [-0.05, 0) is 38.1 Å². The van der Waals surface area contributed by atoms with Crippen LogP contribution in [0, 0.1) is 0 Å². The smallest absolute Gasteiger partial charge is 0.340 e. The second-order valence-corrected chi connectivity index (χ2v) is 7.27. The first-order chi connectivity index (χ1) is 12.7. The number of benzene rings is 2. The van der Waals surface area contributed by atoms with Gasteiger partial charge in [0.2, 0.25) is 0 Å². The van der Waals surface area contributed by atoms with E-state index < -0.39 is 11.5 Å². The van der Waals surface area contributed by atoms with E-state index in [1.54, 1.807) is 52.3 Å². The molecule has 0 spiro atoms. The highest BCUT2D eigenvalue weighted by Crippen LogP contribution is 2.44. The van der Waals surface area contributed by atoms with Crippen molar-refractivity contribution in [2.45, 2.75) is 19.4 Å². The van der Waals surface area contributed by atoms with Crippen LogP contribution in [0.2, 0.25) is 5.02 Å². The van der Waals surface area contributed by atoms with Crippen LogP contribution in [0.5, 0.6) is 5.75 Å². The standard InChI is InChI=1S/C20H21ClN2O4/c1-20(2)19(25)23(3)17-14(22-20)8-7-12(16(17)18(24)27-5)13-10-11(21)6-9-15(13)26-4/h6-10,22H,1-5H3. The largest absolute Gasteiger partial charge is 0.496 e. The number of anilines is 2. The Kier molecular flexibility index (Phi) is 4.78. The molecule has 2 aromatic rings. The highest BCUT2D eigenvalue weighted by atomic mass is 35.5. The number of hydrogen-bond donors (Lipinski definition) is 1. The lowest BCUT2D eigenvalue weighted by Crippen LogP contribution is -2.52. The molecular weight excluding hydrogens is 368 g/mol. The van der Waals surface area contributed by atoms with E-state index in [-0.39, 0.29) is 11.5 Å². The average Bonchev–Trinajstić information content (AvgIpc) is 2.64. The van der Waals surface area contributed by atoms with E-state index in [0.29, 0.717) is 33.3 Å². The van der Waals surface area contributed by atoms with Gasteiger partial charge in [0.1, 0.15) is 11.3 Å². The van der Waals surface area contributed by atoms with Crippen molar-refractivity contribution in [1.82, 2.24) is 0 Å². The maximum atomic E-state index is 12.8. The van der Waals surface area contributed by atoms with E-state index in [4.69, 9.17) is 21.1 Å². The Hall–Kier alpha value is -2.73. The van der Waals surface area contributed by atoms with Crippen LogP contribution >= 0.6 is 11.6 Å². The number of esters is 1. The Balaban J connectivity index is 2.35. The Morgan fingerprint density at radius 1 is 1.15 bits per heavy atom. The molecule has 0 saturated carbocycles. The van der Waals surface area contributed by atoms with Crippen molar-refractivity contribution in [2.75, 3.05) is 31.5 Å². The highest BCUT2D eigenvalue weighted by molar-refractivity contribution is 6.31. The molecule has 0 atom stereocenters. The minimum Gasteiger partial charge on any atom is -0.496 e. The summed E-state index contributed by atoms with van der Waals surface area (Å²) in [5.74, 6) is -0.150. The molecule has 0 fully saturated rings. The zero-order valence-electron chi connectivity index (χ0n) is 15.8. The molecule has 142 valence electrons. The van der Waals surface area contributed by atoms with Gasteiger partial charge in [0.05, 0.1) is 31.2 Å². The minimum atomic E-state index is -0.787. The molecular formula is C20H21ClN2O4. The van der Waals surface area contributed by atoms with Gasteiger partial charge >= 0.3 is 5.97 Å². The monoisotopic (exact) mass is 388 g/mol. The van der Waals surface area contributed by atoms with Crippen LogP contribution in [-0.2, 0) is 9.53 Å². The van der Waals surface area contributed by atoms with Crippen molar-refractivity contribution in [1.29, 1.82) is 0 Å². The zero-order chi connectivity index (χ0) is 19.9. The number of likely N-dealkylation sites (N-methyl/N-ethyl adjacent to an activating group) is 1. The van der Waals surface area contributed by atoms with Crippen LogP contribution in [0.1, 0.15) is 24.2 Å². The number of ether oxygens (including phenoxy) is 2. The first-order valence-electron chi connectivity index (χ1n) is 8.37. The molecule has 1 heterocycles. The molecule has 6 nitrogen and oxygen atoms in total. The summed E-state index contributed by atoms with van der Waals surface area (Å²) in [5.41, 5.74) is 1.83. The summed E-state index contributed by atoms with van der Waals surface area (Å²) in [7, 11) is 4.50. The van der Waals surface area contributed by atoms with Crippen LogP contribution in [0.3, 0.4) is 0 Å². The van der Waals surface area contributed by atoms with Gasteiger partial charge in [-0.15, -0.1) is 0 Å². The van der Waals surface area contributed by atoms with Crippen LogP contribution in [0.25, 0.3) is 11.1 Å². The Bertz CT molecular complexity index is 940. The molecule has 0 aromatic heterocycles. The van der Waals surface area contributed by atoms with Crippen molar-refractivity contribution < 1.29 is 19.1 Å². The van der Waals surface area contributed by atoms with Gasteiger partial charge in [-0.1, -0.05) is 17.7 Å². The molecule has 0 aliphatic carbocycles. The summed E-state index contributed by atoms with van der Waals surface area (Å²) in [5, 5.41) is 3.70. The van der Waals surface area contributed by atoms with Crippen LogP contribution in [-0.4, -0.2) is 38.7 Å². The predicted octanol–water partition coefficient (Wildman–Crippen LogP) is 3.97. The number of fused-ring (bicyclic) bond motifs is 1. The van der Waals surface area contributed by atoms with Gasteiger partial charge in [-0.2, -0.15) is 0 Å². The average molecular weight is 389 g/mol. The number of rotatable bonds is 3. The Morgan fingerprint density at radius 3 is 2.48 bits per heavy atom. The molecule has 0 bridgehead atoms. The first-order valence-corrected chi connectivity index (χ1v) is 8.74. The minimum absolute atomic E-state index is 0.157. The molecule has 0 unspecified atom stereocenters.